The Bertz CT molecular complexity index is 934. The molecule has 1 fully saturated rings. The van der Waals surface area contributed by atoms with Crippen LogP contribution < -0.4 is 11.3 Å². The third-order valence-electron chi connectivity index (χ3n) is 4.59. The summed E-state index contributed by atoms with van der Waals surface area (Å²) in [6, 6.07) is 10.00. The first-order valence-electron chi connectivity index (χ1n) is 7.82. The Balaban J connectivity index is 1.56. The maximum Gasteiger partial charge on any atom is 0.254 e. The zero-order chi connectivity index (χ0) is 16.7. The van der Waals surface area contributed by atoms with Crippen LogP contribution in [0, 0.1) is 0 Å². The predicted molar refractivity (Wildman–Crippen MR) is 91.5 cm³/mol. The van der Waals surface area contributed by atoms with E-state index in [1.165, 1.54) is 16.5 Å². The summed E-state index contributed by atoms with van der Waals surface area (Å²) < 4.78 is 1.36. The monoisotopic (exact) mass is 319 g/mol. The van der Waals surface area contributed by atoms with E-state index in [0.29, 0.717) is 5.92 Å². The van der Waals surface area contributed by atoms with Gasteiger partial charge >= 0.3 is 0 Å². The van der Waals surface area contributed by atoms with Gasteiger partial charge in [0.05, 0.1) is 5.69 Å². The number of anilines is 1. The largest absolute Gasteiger partial charge is 0.369 e. The van der Waals surface area contributed by atoms with Gasteiger partial charge in [-0.1, -0.05) is 24.3 Å². The van der Waals surface area contributed by atoms with Crippen molar-refractivity contribution in [2.45, 2.75) is 18.3 Å². The second kappa shape index (κ2) is 5.56. The Hall–Kier alpha value is -3.02. The molecule has 0 saturated heterocycles. The third kappa shape index (κ3) is 2.56. The van der Waals surface area contributed by atoms with E-state index >= 15 is 0 Å². The zero-order valence-corrected chi connectivity index (χ0v) is 13.3. The van der Waals surface area contributed by atoms with Crippen LogP contribution >= 0.6 is 0 Å². The van der Waals surface area contributed by atoms with E-state index in [1.54, 1.807) is 25.5 Å². The van der Waals surface area contributed by atoms with Crippen LogP contribution in [0.1, 0.15) is 29.5 Å². The lowest BCUT2D eigenvalue weighted by molar-refractivity contribution is 0.813. The van der Waals surface area contributed by atoms with Gasteiger partial charge in [-0.25, -0.2) is 15.0 Å². The molecule has 3 aromatic rings. The van der Waals surface area contributed by atoms with Crippen LogP contribution in [0.25, 0.3) is 11.1 Å². The summed E-state index contributed by atoms with van der Waals surface area (Å²) in [5, 5.41) is 0. The average Bonchev–Trinajstić information content (AvgIpc) is 3.41. The minimum absolute atomic E-state index is 0.109. The number of nitrogen functional groups attached to an aromatic ring is 1. The van der Waals surface area contributed by atoms with Crippen LogP contribution in [0.2, 0.25) is 0 Å². The molecule has 0 unspecified atom stereocenters. The Morgan fingerprint density at radius 2 is 1.79 bits per heavy atom. The number of aromatic nitrogens is 4. The summed E-state index contributed by atoms with van der Waals surface area (Å²) in [6.45, 7) is 0. The van der Waals surface area contributed by atoms with E-state index < -0.39 is 0 Å². The Morgan fingerprint density at radius 3 is 2.46 bits per heavy atom. The lowest BCUT2D eigenvalue weighted by atomic mass is 10.0. The normalized spacial score (nSPS) is 19.2. The Kier molecular flexibility index (Phi) is 3.37. The molecule has 2 heterocycles. The van der Waals surface area contributed by atoms with Gasteiger partial charge in [-0.2, -0.15) is 0 Å². The molecule has 2 aromatic heterocycles. The lowest BCUT2D eigenvalue weighted by Crippen LogP contribution is -2.21. The second-order valence-electron chi connectivity index (χ2n) is 6.13. The van der Waals surface area contributed by atoms with Crippen LogP contribution in [0.3, 0.4) is 0 Å². The van der Waals surface area contributed by atoms with Crippen molar-refractivity contribution in [1.29, 1.82) is 0 Å². The number of rotatable bonds is 3. The fourth-order valence-corrected chi connectivity index (χ4v) is 3.03. The van der Waals surface area contributed by atoms with Gasteiger partial charge < -0.3 is 5.73 Å². The number of hydrogen-bond donors (Lipinski definition) is 1. The SMILES string of the molecule is Cn1c(N)nc([C@H]2C[C@H]2c2ccc(-c3cncnc3)cc2)cc1=O. The number of hydrogen-bond acceptors (Lipinski definition) is 5. The minimum Gasteiger partial charge on any atom is -0.369 e. The molecule has 0 radical (unpaired) electrons. The summed E-state index contributed by atoms with van der Waals surface area (Å²) in [4.78, 5) is 24.3. The summed E-state index contributed by atoms with van der Waals surface area (Å²) in [5.74, 6) is 0.930. The molecule has 24 heavy (non-hydrogen) atoms. The maximum atomic E-state index is 11.9. The summed E-state index contributed by atoms with van der Waals surface area (Å²) in [6.07, 6.45) is 6.12. The lowest BCUT2D eigenvalue weighted by Gasteiger charge is -2.06. The molecule has 0 spiro atoms. The van der Waals surface area contributed by atoms with Crippen molar-refractivity contribution in [1.82, 2.24) is 19.5 Å². The Morgan fingerprint density at radius 1 is 1.08 bits per heavy atom. The molecular formula is C18H17N5O. The molecule has 1 aromatic carbocycles. The van der Waals surface area contributed by atoms with Crippen LogP contribution in [0.15, 0.2) is 53.8 Å². The second-order valence-corrected chi connectivity index (χ2v) is 6.13. The van der Waals surface area contributed by atoms with E-state index in [0.717, 1.165) is 23.2 Å². The van der Waals surface area contributed by atoms with Crippen LogP contribution in [0.5, 0.6) is 0 Å². The molecule has 2 atom stereocenters. The first-order valence-corrected chi connectivity index (χ1v) is 7.82. The van der Waals surface area contributed by atoms with Crippen molar-refractivity contribution in [2.75, 3.05) is 5.73 Å². The summed E-state index contributed by atoms with van der Waals surface area (Å²) in [5.41, 5.74) is 9.82. The van der Waals surface area contributed by atoms with Gasteiger partial charge in [-0.05, 0) is 23.5 Å². The van der Waals surface area contributed by atoms with Crippen molar-refractivity contribution in [3.63, 3.8) is 0 Å². The van der Waals surface area contributed by atoms with Crippen molar-refractivity contribution in [2.24, 2.45) is 7.05 Å². The molecule has 2 N–H and O–H groups in total. The number of nitrogens with two attached hydrogens (primary N) is 1. The molecule has 4 rings (SSSR count). The van der Waals surface area contributed by atoms with Gasteiger partial charge in [0.2, 0.25) is 5.95 Å². The van der Waals surface area contributed by atoms with E-state index in [4.69, 9.17) is 5.73 Å². The molecule has 1 aliphatic carbocycles. The third-order valence-corrected chi connectivity index (χ3v) is 4.59. The van der Waals surface area contributed by atoms with Gasteiger partial charge in [-0.15, -0.1) is 0 Å². The molecule has 0 amide bonds. The molecule has 1 aliphatic rings. The smallest absolute Gasteiger partial charge is 0.254 e. The van der Waals surface area contributed by atoms with Gasteiger partial charge in [0.25, 0.3) is 5.56 Å². The molecular weight excluding hydrogens is 302 g/mol. The van der Waals surface area contributed by atoms with Crippen LogP contribution in [-0.4, -0.2) is 19.5 Å². The van der Waals surface area contributed by atoms with Crippen molar-refractivity contribution >= 4 is 5.95 Å². The molecule has 0 aliphatic heterocycles. The maximum absolute atomic E-state index is 11.9. The van der Waals surface area contributed by atoms with Gasteiger partial charge in [0, 0.05) is 37.0 Å². The van der Waals surface area contributed by atoms with E-state index in [9.17, 15) is 4.79 Å². The Labute approximate surface area is 139 Å². The van der Waals surface area contributed by atoms with Crippen LogP contribution in [-0.2, 0) is 7.05 Å². The predicted octanol–water partition coefficient (Wildman–Crippen LogP) is 2.09. The van der Waals surface area contributed by atoms with Crippen molar-refractivity contribution < 1.29 is 0 Å². The first-order chi connectivity index (χ1) is 11.6. The van der Waals surface area contributed by atoms with Crippen LogP contribution in [0.4, 0.5) is 5.95 Å². The molecule has 6 heteroatoms. The number of nitrogens with zero attached hydrogens (tertiary/aromatic N) is 4. The first kappa shape index (κ1) is 14.6. The fourth-order valence-electron chi connectivity index (χ4n) is 3.03. The van der Waals surface area contributed by atoms with E-state index in [-0.39, 0.29) is 17.4 Å². The highest BCUT2D eigenvalue weighted by Gasteiger charge is 2.41. The zero-order valence-electron chi connectivity index (χ0n) is 13.3. The van der Waals surface area contributed by atoms with E-state index in [1.807, 2.05) is 0 Å². The van der Waals surface area contributed by atoms with Crippen molar-refractivity contribution in [3.05, 3.63) is 70.7 Å². The number of benzene rings is 1. The molecule has 0 bridgehead atoms. The topological polar surface area (TPSA) is 86.7 Å². The van der Waals surface area contributed by atoms with Gasteiger partial charge in [0.1, 0.15) is 6.33 Å². The highest BCUT2D eigenvalue weighted by molar-refractivity contribution is 5.62. The molecule has 120 valence electrons. The quantitative estimate of drug-likeness (QED) is 0.799. The van der Waals surface area contributed by atoms with Crippen molar-refractivity contribution in [3.8, 4) is 11.1 Å². The molecule has 1 saturated carbocycles. The fraction of sp³-hybridized carbons (Fsp3) is 0.222. The average molecular weight is 319 g/mol. The van der Waals surface area contributed by atoms with Gasteiger partial charge in [-0.3, -0.25) is 9.36 Å². The highest BCUT2D eigenvalue weighted by atomic mass is 16.1. The van der Waals surface area contributed by atoms with Gasteiger partial charge in [0.15, 0.2) is 0 Å². The summed E-state index contributed by atoms with van der Waals surface area (Å²) in [7, 11) is 1.63. The minimum atomic E-state index is -0.109. The summed E-state index contributed by atoms with van der Waals surface area (Å²) >= 11 is 0. The molecule has 6 nitrogen and oxygen atoms in total. The van der Waals surface area contributed by atoms with E-state index in [2.05, 4.69) is 39.2 Å². The highest BCUT2D eigenvalue weighted by Crippen LogP contribution is 2.54. The standard InChI is InChI=1S/C18H17N5O/c1-23-17(24)7-16(22-18(23)19)15-6-14(15)12-4-2-11(3-5-12)13-8-20-10-21-9-13/h2-5,7-10,14-15H,6H2,1H3,(H2,19,22)/t14-,15-/m0/s1.